The molecule has 0 atom stereocenters. The van der Waals surface area contributed by atoms with Gasteiger partial charge >= 0.3 is 0 Å². The number of hydrogen-bond donors (Lipinski definition) is 3. The molecule has 0 radical (unpaired) electrons. The molecule has 0 amide bonds. The molecular formula is C16H24N2O. The molecule has 19 heavy (non-hydrogen) atoms. The number of para-hydroxylation sites is 2. The van der Waals surface area contributed by atoms with E-state index in [1.165, 1.54) is 0 Å². The van der Waals surface area contributed by atoms with Gasteiger partial charge in [0.05, 0.1) is 18.0 Å². The first-order valence-electron chi connectivity index (χ1n) is 6.45. The number of nitrogen functional groups attached to an aromatic ring is 1. The van der Waals surface area contributed by atoms with Crippen molar-refractivity contribution >= 4 is 11.4 Å². The van der Waals surface area contributed by atoms with Gasteiger partial charge in [-0.15, -0.1) is 0 Å². The molecule has 0 heterocycles. The SMILES string of the molecule is C=C/C=C(\C=C/CNc1ccccc1N)CO.CC. The normalized spacial score (nSPS) is 10.8. The maximum absolute atomic E-state index is 9.01. The van der Waals surface area contributed by atoms with E-state index in [1.54, 1.807) is 12.2 Å². The Morgan fingerprint density at radius 2 is 2.05 bits per heavy atom. The molecule has 4 N–H and O–H groups in total. The van der Waals surface area contributed by atoms with Crippen molar-refractivity contribution in [1.29, 1.82) is 0 Å². The van der Waals surface area contributed by atoms with Crippen LogP contribution >= 0.6 is 0 Å². The number of nitrogens with two attached hydrogens (primary N) is 1. The molecular weight excluding hydrogens is 236 g/mol. The Labute approximate surface area is 116 Å². The topological polar surface area (TPSA) is 58.3 Å². The molecule has 0 saturated carbocycles. The Morgan fingerprint density at radius 1 is 1.37 bits per heavy atom. The van der Waals surface area contributed by atoms with Gasteiger partial charge in [-0.2, -0.15) is 0 Å². The van der Waals surface area contributed by atoms with Crippen LogP contribution in [0.1, 0.15) is 13.8 Å². The van der Waals surface area contributed by atoms with Gasteiger partial charge in [0.1, 0.15) is 0 Å². The van der Waals surface area contributed by atoms with E-state index in [1.807, 2.05) is 50.3 Å². The molecule has 0 unspecified atom stereocenters. The standard InChI is InChI=1S/C14H18N2O.C2H6/c1-2-6-12(11-17)7-5-10-16-14-9-4-3-8-13(14)15;1-2/h2-9,16-17H,1,10-11,15H2;1-2H3/b7-5-,12-6+;. The summed E-state index contributed by atoms with van der Waals surface area (Å²) in [7, 11) is 0. The van der Waals surface area contributed by atoms with Gasteiger partial charge in [0, 0.05) is 6.54 Å². The van der Waals surface area contributed by atoms with Gasteiger partial charge in [0.2, 0.25) is 0 Å². The van der Waals surface area contributed by atoms with Crippen LogP contribution in [0.5, 0.6) is 0 Å². The second-order valence-electron chi connectivity index (χ2n) is 3.51. The molecule has 1 aromatic rings. The van der Waals surface area contributed by atoms with Gasteiger partial charge in [-0.05, 0) is 17.7 Å². The van der Waals surface area contributed by atoms with Gasteiger partial charge in [-0.1, -0.05) is 56.9 Å². The van der Waals surface area contributed by atoms with Crippen LogP contribution in [0.15, 0.2) is 60.7 Å². The maximum Gasteiger partial charge on any atom is 0.0681 e. The van der Waals surface area contributed by atoms with Crippen molar-refractivity contribution in [2.45, 2.75) is 13.8 Å². The smallest absolute Gasteiger partial charge is 0.0681 e. The highest BCUT2D eigenvalue weighted by atomic mass is 16.3. The number of aliphatic hydroxyl groups is 1. The molecule has 0 spiro atoms. The number of allylic oxidation sites excluding steroid dienone is 2. The minimum absolute atomic E-state index is 0.00992. The fourth-order valence-electron chi connectivity index (χ4n) is 1.35. The second-order valence-corrected chi connectivity index (χ2v) is 3.51. The minimum atomic E-state index is 0.00992. The monoisotopic (exact) mass is 260 g/mol. The summed E-state index contributed by atoms with van der Waals surface area (Å²) in [4.78, 5) is 0. The summed E-state index contributed by atoms with van der Waals surface area (Å²) in [5.41, 5.74) is 8.25. The largest absolute Gasteiger partial charge is 0.397 e. The van der Waals surface area contributed by atoms with Crippen molar-refractivity contribution in [2.75, 3.05) is 24.2 Å². The quantitative estimate of drug-likeness (QED) is 0.543. The molecule has 0 aromatic heterocycles. The summed E-state index contributed by atoms with van der Waals surface area (Å²) in [6, 6.07) is 7.60. The third-order valence-corrected chi connectivity index (χ3v) is 2.22. The fraction of sp³-hybridized carbons (Fsp3) is 0.250. The first-order valence-corrected chi connectivity index (χ1v) is 6.45. The van der Waals surface area contributed by atoms with E-state index in [0.29, 0.717) is 6.54 Å². The van der Waals surface area contributed by atoms with E-state index < -0.39 is 0 Å². The van der Waals surface area contributed by atoms with Crippen LogP contribution in [-0.4, -0.2) is 18.3 Å². The van der Waals surface area contributed by atoms with Crippen LogP contribution in [0.2, 0.25) is 0 Å². The van der Waals surface area contributed by atoms with Crippen molar-refractivity contribution < 1.29 is 5.11 Å². The Bertz CT molecular complexity index is 423. The van der Waals surface area contributed by atoms with E-state index >= 15 is 0 Å². The number of nitrogens with one attached hydrogen (secondary N) is 1. The van der Waals surface area contributed by atoms with E-state index in [9.17, 15) is 0 Å². The molecule has 0 aliphatic rings. The summed E-state index contributed by atoms with van der Waals surface area (Å²) < 4.78 is 0. The predicted octanol–water partition coefficient (Wildman–Crippen LogP) is 3.37. The number of aliphatic hydroxyl groups excluding tert-OH is 1. The first-order chi connectivity index (χ1) is 9.27. The van der Waals surface area contributed by atoms with E-state index in [2.05, 4.69) is 11.9 Å². The Balaban J connectivity index is 0.00000154. The van der Waals surface area contributed by atoms with Crippen molar-refractivity contribution in [3.8, 4) is 0 Å². The zero-order valence-electron chi connectivity index (χ0n) is 11.8. The van der Waals surface area contributed by atoms with Crippen LogP contribution in [0.4, 0.5) is 11.4 Å². The molecule has 3 nitrogen and oxygen atoms in total. The van der Waals surface area contributed by atoms with E-state index in [-0.39, 0.29) is 6.61 Å². The third-order valence-electron chi connectivity index (χ3n) is 2.22. The van der Waals surface area contributed by atoms with Crippen LogP contribution < -0.4 is 11.1 Å². The molecule has 3 heteroatoms. The first kappa shape index (κ1) is 17.0. The summed E-state index contributed by atoms with van der Waals surface area (Å²) >= 11 is 0. The molecule has 104 valence electrons. The van der Waals surface area contributed by atoms with E-state index in [0.717, 1.165) is 16.9 Å². The van der Waals surface area contributed by atoms with Crippen LogP contribution in [-0.2, 0) is 0 Å². The zero-order chi connectivity index (χ0) is 14.5. The number of anilines is 2. The maximum atomic E-state index is 9.01. The van der Waals surface area contributed by atoms with Crippen LogP contribution in [0.25, 0.3) is 0 Å². The number of rotatable bonds is 6. The Kier molecular flexibility index (Phi) is 9.94. The number of benzene rings is 1. The highest BCUT2D eigenvalue weighted by molar-refractivity contribution is 5.65. The van der Waals surface area contributed by atoms with Crippen LogP contribution in [0, 0.1) is 0 Å². The summed E-state index contributed by atoms with van der Waals surface area (Å²) in [5.74, 6) is 0. The van der Waals surface area contributed by atoms with Gasteiger partial charge in [-0.25, -0.2) is 0 Å². The van der Waals surface area contributed by atoms with Crippen LogP contribution in [0.3, 0.4) is 0 Å². The molecule has 0 bridgehead atoms. The third kappa shape index (κ3) is 7.11. The number of hydrogen-bond acceptors (Lipinski definition) is 3. The lowest BCUT2D eigenvalue weighted by molar-refractivity contribution is 0.335. The highest BCUT2D eigenvalue weighted by Gasteiger charge is 1.93. The van der Waals surface area contributed by atoms with Crippen molar-refractivity contribution in [1.82, 2.24) is 0 Å². The Morgan fingerprint density at radius 3 is 2.63 bits per heavy atom. The molecule has 1 aromatic carbocycles. The van der Waals surface area contributed by atoms with E-state index in [4.69, 9.17) is 10.8 Å². The zero-order valence-corrected chi connectivity index (χ0v) is 11.8. The molecule has 0 aliphatic heterocycles. The molecule has 0 fully saturated rings. The van der Waals surface area contributed by atoms with Gasteiger partial charge < -0.3 is 16.2 Å². The van der Waals surface area contributed by atoms with Gasteiger partial charge in [-0.3, -0.25) is 0 Å². The molecule has 0 aliphatic carbocycles. The lowest BCUT2D eigenvalue weighted by atomic mass is 10.2. The highest BCUT2D eigenvalue weighted by Crippen LogP contribution is 2.15. The van der Waals surface area contributed by atoms with Gasteiger partial charge in [0.25, 0.3) is 0 Å². The lowest BCUT2D eigenvalue weighted by Gasteiger charge is -2.06. The summed E-state index contributed by atoms with van der Waals surface area (Å²) in [6.45, 7) is 8.25. The average molecular weight is 260 g/mol. The van der Waals surface area contributed by atoms with Crippen molar-refractivity contribution in [3.63, 3.8) is 0 Å². The summed E-state index contributed by atoms with van der Waals surface area (Å²) in [5, 5.41) is 12.2. The predicted molar refractivity (Wildman–Crippen MR) is 85.2 cm³/mol. The average Bonchev–Trinajstić information content (AvgIpc) is 2.46. The fourth-order valence-corrected chi connectivity index (χ4v) is 1.35. The molecule has 1 rings (SSSR count). The van der Waals surface area contributed by atoms with Crippen molar-refractivity contribution in [3.05, 3.63) is 60.7 Å². The summed E-state index contributed by atoms with van der Waals surface area (Å²) in [6.07, 6.45) is 7.21. The van der Waals surface area contributed by atoms with Gasteiger partial charge in [0.15, 0.2) is 0 Å². The Hall–Kier alpha value is -2.00. The second kappa shape index (κ2) is 11.1. The minimum Gasteiger partial charge on any atom is -0.397 e. The lowest BCUT2D eigenvalue weighted by Crippen LogP contribution is -2.01. The molecule has 0 saturated heterocycles. The van der Waals surface area contributed by atoms with Crippen molar-refractivity contribution in [2.24, 2.45) is 0 Å².